The van der Waals surface area contributed by atoms with E-state index in [1.165, 1.54) is 0 Å². The van der Waals surface area contributed by atoms with Gasteiger partial charge >= 0.3 is 11.7 Å². The molecule has 0 radical (unpaired) electrons. The summed E-state index contributed by atoms with van der Waals surface area (Å²) in [6, 6.07) is 3.22. The Bertz CT molecular complexity index is 515. The fraction of sp³-hybridized carbons (Fsp3) is 0.100. The smallest absolute Gasteiger partial charge is 0.335 e. The van der Waals surface area contributed by atoms with Crippen LogP contribution < -0.4 is 4.74 Å². The molecule has 6 nitrogen and oxygen atoms in total. The summed E-state index contributed by atoms with van der Waals surface area (Å²) in [6.07, 6.45) is 0. The van der Waals surface area contributed by atoms with Gasteiger partial charge in [-0.1, -0.05) is 23.2 Å². The second-order valence-electron chi connectivity index (χ2n) is 3.09. The number of carbonyl (C=O) groups is 1. The second kappa shape index (κ2) is 6.23. The molecule has 0 saturated heterocycles. The summed E-state index contributed by atoms with van der Waals surface area (Å²) in [4.78, 5) is 20.8. The van der Waals surface area contributed by atoms with Crippen LogP contribution in [0.4, 0.5) is 5.69 Å². The molecular weight excluding hydrogens is 285 g/mol. The van der Waals surface area contributed by atoms with Gasteiger partial charge in [0.05, 0.1) is 15.5 Å². The highest BCUT2D eigenvalue weighted by Gasteiger charge is 2.18. The van der Waals surface area contributed by atoms with E-state index in [0.717, 1.165) is 23.7 Å². The molecule has 0 amide bonds. The van der Waals surface area contributed by atoms with Gasteiger partial charge in [-0.05, 0) is 6.07 Å². The standard InChI is InChI=1S/C10H7Cl2NO5/c11-4-7(12)5-18-9-3-6(10(14)15)1-2-8(9)13(16)17/h1-4H,5H2,(H,14,15)/b7-4-. The third-order valence-corrected chi connectivity index (χ3v) is 2.48. The summed E-state index contributed by atoms with van der Waals surface area (Å²) in [5.41, 5.74) is 0.578. The molecule has 18 heavy (non-hydrogen) atoms. The average molecular weight is 292 g/mol. The summed E-state index contributed by atoms with van der Waals surface area (Å²) in [6.45, 7) is -0.186. The molecule has 0 heterocycles. The fourth-order valence-electron chi connectivity index (χ4n) is 1.09. The Morgan fingerprint density at radius 1 is 1.56 bits per heavy atom. The van der Waals surface area contributed by atoms with E-state index in [9.17, 15) is 14.9 Å². The zero-order chi connectivity index (χ0) is 13.7. The molecule has 0 atom stereocenters. The molecule has 0 aliphatic carbocycles. The van der Waals surface area contributed by atoms with E-state index in [1.807, 2.05) is 0 Å². The Hall–Kier alpha value is -1.79. The predicted molar refractivity (Wildman–Crippen MR) is 65.3 cm³/mol. The number of carboxylic acids is 1. The Labute approximate surface area is 112 Å². The summed E-state index contributed by atoms with van der Waals surface area (Å²) in [5, 5.41) is 19.6. The molecule has 8 heteroatoms. The van der Waals surface area contributed by atoms with Gasteiger partial charge in [-0.2, -0.15) is 0 Å². The van der Waals surface area contributed by atoms with E-state index in [0.29, 0.717) is 0 Å². The van der Waals surface area contributed by atoms with E-state index in [-0.39, 0.29) is 28.6 Å². The van der Waals surface area contributed by atoms with Crippen LogP contribution in [0, 0.1) is 10.1 Å². The first-order valence-electron chi connectivity index (χ1n) is 4.55. The maximum absolute atomic E-state index is 10.7. The highest BCUT2D eigenvalue weighted by Crippen LogP contribution is 2.28. The number of halogens is 2. The lowest BCUT2D eigenvalue weighted by atomic mass is 10.2. The molecule has 1 rings (SSSR count). The van der Waals surface area contributed by atoms with Crippen molar-refractivity contribution in [2.45, 2.75) is 0 Å². The quantitative estimate of drug-likeness (QED) is 0.665. The van der Waals surface area contributed by atoms with E-state index in [2.05, 4.69) is 0 Å². The topological polar surface area (TPSA) is 89.7 Å². The number of benzene rings is 1. The molecule has 0 aromatic heterocycles. The SMILES string of the molecule is O=C(O)c1ccc([N+](=O)[O-])c(OC/C(Cl)=C/Cl)c1. The van der Waals surface area contributed by atoms with Crippen molar-refractivity contribution in [3.8, 4) is 5.75 Å². The minimum atomic E-state index is -1.21. The Kier molecular flexibility index (Phi) is 4.94. The van der Waals surface area contributed by atoms with Crippen LogP contribution in [0.2, 0.25) is 0 Å². The Morgan fingerprint density at radius 3 is 2.72 bits per heavy atom. The molecule has 0 spiro atoms. The van der Waals surface area contributed by atoms with Gasteiger partial charge in [0.25, 0.3) is 0 Å². The van der Waals surface area contributed by atoms with Crippen LogP contribution >= 0.6 is 23.2 Å². The Balaban J connectivity index is 3.07. The minimum Gasteiger partial charge on any atom is -0.481 e. The van der Waals surface area contributed by atoms with Crippen LogP contribution in [0.3, 0.4) is 0 Å². The van der Waals surface area contributed by atoms with Crippen LogP contribution in [-0.4, -0.2) is 22.6 Å². The van der Waals surface area contributed by atoms with Crippen molar-refractivity contribution in [2.24, 2.45) is 0 Å². The summed E-state index contributed by atoms with van der Waals surface area (Å²) >= 11 is 10.9. The van der Waals surface area contributed by atoms with Crippen LogP contribution in [0.25, 0.3) is 0 Å². The van der Waals surface area contributed by atoms with Crippen molar-refractivity contribution in [3.05, 3.63) is 44.4 Å². The lowest BCUT2D eigenvalue weighted by Gasteiger charge is -2.06. The van der Waals surface area contributed by atoms with E-state index >= 15 is 0 Å². The number of nitro groups is 1. The molecule has 0 saturated carbocycles. The number of nitrogens with zero attached hydrogens (tertiary/aromatic N) is 1. The number of nitro benzene ring substituents is 1. The minimum absolute atomic E-state index is 0.124. The van der Waals surface area contributed by atoms with Crippen molar-refractivity contribution >= 4 is 34.9 Å². The number of hydrogen-bond acceptors (Lipinski definition) is 4. The number of hydrogen-bond donors (Lipinski definition) is 1. The predicted octanol–water partition coefficient (Wildman–Crippen LogP) is 2.99. The van der Waals surface area contributed by atoms with Gasteiger partial charge in [0.15, 0.2) is 5.75 Å². The monoisotopic (exact) mass is 291 g/mol. The zero-order valence-corrected chi connectivity index (χ0v) is 10.3. The number of aromatic carboxylic acids is 1. The van der Waals surface area contributed by atoms with E-state index in [4.69, 9.17) is 33.0 Å². The molecule has 0 bridgehead atoms. The average Bonchev–Trinajstić information content (AvgIpc) is 2.35. The molecule has 0 aliphatic rings. The third kappa shape index (κ3) is 3.61. The number of rotatable bonds is 5. The van der Waals surface area contributed by atoms with E-state index < -0.39 is 10.9 Å². The molecule has 1 aromatic carbocycles. The summed E-state index contributed by atoms with van der Waals surface area (Å²) < 4.78 is 5.05. The van der Waals surface area contributed by atoms with Gasteiger partial charge in [0.2, 0.25) is 0 Å². The van der Waals surface area contributed by atoms with Crippen LogP contribution in [0.15, 0.2) is 28.8 Å². The van der Waals surface area contributed by atoms with Gasteiger partial charge in [-0.25, -0.2) is 4.79 Å². The first-order chi connectivity index (χ1) is 8.45. The molecule has 0 unspecified atom stereocenters. The maximum Gasteiger partial charge on any atom is 0.335 e. The van der Waals surface area contributed by atoms with Crippen molar-refractivity contribution in [2.75, 3.05) is 6.61 Å². The lowest BCUT2D eigenvalue weighted by molar-refractivity contribution is -0.385. The lowest BCUT2D eigenvalue weighted by Crippen LogP contribution is -2.03. The normalized spacial score (nSPS) is 11.1. The molecule has 1 aromatic rings. The molecular formula is C10H7Cl2NO5. The van der Waals surface area contributed by atoms with Crippen LogP contribution in [-0.2, 0) is 0 Å². The summed E-state index contributed by atoms with van der Waals surface area (Å²) in [7, 11) is 0. The maximum atomic E-state index is 10.7. The molecule has 96 valence electrons. The van der Waals surface area contributed by atoms with Crippen LogP contribution in [0.5, 0.6) is 5.75 Å². The number of ether oxygens (including phenoxy) is 1. The molecule has 0 aliphatic heterocycles. The summed E-state index contributed by atoms with van der Waals surface area (Å²) in [5.74, 6) is -1.40. The van der Waals surface area contributed by atoms with Gasteiger partial charge in [-0.3, -0.25) is 10.1 Å². The van der Waals surface area contributed by atoms with Crippen molar-refractivity contribution in [1.82, 2.24) is 0 Å². The van der Waals surface area contributed by atoms with Crippen LogP contribution in [0.1, 0.15) is 10.4 Å². The largest absolute Gasteiger partial charge is 0.481 e. The number of carboxylic acid groups (broad SMARTS) is 1. The van der Waals surface area contributed by atoms with Gasteiger partial charge in [0.1, 0.15) is 6.61 Å². The first kappa shape index (κ1) is 14.3. The van der Waals surface area contributed by atoms with E-state index in [1.54, 1.807) is 0 Å². The van der Waals surface area contributed by atoms with Crippen molar-refractivity contribution < 1.29 is 19.6 Å². The van der Waals surface area contributed by atoms with Gasteiger partial charge < -0.3 is 9.84 Å². The van der Waals surface area contributed by atoms with Gasteiger partial charge in [0, 0.05) is 17.7 Å². The fourth-order valence-corrected chi connectivity index (χ4v) is 1.21. The first-order valence-corrected chi connectivity index (χ1v) is 5.36. The zero-order valence-electron chi connectivity index (χ0n) is 8.80. The highest BCUT2D eigenvalue weighted by atomic mass is 35.5. The van der Waals surface area contributed by atoms with Crippen molar-refractivity contribution in [1.29, 1.82) is 0 Å². The molecule has 0 fully saturated rings. The molecule has 1 N–H and O–H groups in total. The third-order valence-electron chi connectivity index (χ3n) is 1.89. The Morgan fingerprint density at radius 2 is 2.22 bits per heavy atom. The van der Waals surface area contributed by atoms with Crippen molar-refractivity contribution in [3.63, 3.8) is 0 Å². The second-order valence-corrected chi connectivity index (χ2v) is 3.79. The highest BCUT2D eigenvalue weighted by molar-refractivity contribution is 6.36. The van der Waals surface area contributed by atoms with Gasteiger partial charge in [-0.15, -0.1) is 0 Å².